The summed E-state index contributed by atoms with van der Waals surface area (Å²) in [5, 5.41) is 0. The molecular formula is C54H102O6. The van der Waals surface area contributed by atoms with E-state index < -0.39 is 6.10 Å². The molecule has 354 valence electrons. The molecule has 6 heteroatoms. The van der Waals surface area contributed by atoms with Gasteiger partial charge in [-0.05, 0) is 44.9 Å². The third-order valence-electron chi connectivity index (χ3n) is 12.0. The zero-order valence-corrected chi connectivity index (χ0v) is 40.5. The molecule has 0 aromatic carbocycles. The predicted molar refractivity (Wildman–Crippen MR) is 256 cm³/mol. The van der Waals surface area contributed by atoms with Crippen molar-refractivity contribution in [1.29, 1.82) is 0 Å². The fourth-order valence-electron chi connectivity index (χ4n) is 7.97. The summed E-state index contributed by atoms with van der Waals surface area (Å²) in [5.74, 6) is -0.853. The summed E-state index contributed by atoms with van der Waals surface area (Å²) in [6.07, 6.45) is 54.8. The zero-order valence-electron chi connectivity index (χ0n) is 40.5. The van der Waals surface area contributed by atoms with Crippen molar-refractivity contribution in [3.8, 4) is 0 Å². The molecule has 60 heavy (non-hydrogen) atoms. The molecule has 0 radical (unpaired) electrons. The molecular weight excluding hydrogens is 745 g/mol. The molecule has 0 aromatic rings. The number of rotatable bonds is 49. The third-order valence-corrected chi connectivity index (χ3v) is 12.0. The molecule has 0 N–H and O–H groups in total. The molecule has 0 spiro atoms. The van der Waals surface area contributed by atoms with Crippen LogP contribution in [0, 0.1) is 0 Å². The van der Waals surface area contributed by atoms with Crippen molar-refractivity contribution in [1.82, 2.24) is 0 Å². The molecule has 0 bridgehead atoms. The molecule has 1 unspecified atom stereocenters. The van der Waals surface area contributed by atoms with Gasteiger partial charge in [-0.25, -0.2) is 0 Å². The fourth-order valence-corrected chi connectivity index (χ4v) is 7.97. The summed E-state index contributed by atoms with van der Waals surface area (Å²) in [5.41, 5.74) is 0. The number of ether oxygens (including phenoxy) is 3. The molecule has 0 fully saturated rings. The first-order valence-electron chi connectivity index (χ1n) is 26.7. The number of carbonyl (C=O) groups is 3. The number of allylic oxidation sites excluding steroid dienone is 2. The van der Waals surface area contributed by atoms with Crippen LogP contribution in [0.2, 0.25) is 0 Å². The lowest BCUT2D eigenvalue weighted by Gasteiger charge is -2.18. The monoisotopic (exact) mass is 847 g/mol. The number of hydrogen-bond acceptors (Lipinski definition) is 6. The van der Waals surface area contributed by atoms with Crippen molar-refractivity contribution in [2.75, 3.05) is 13.2 Å². The van der Waals surface area contributed by atoms with Crippen molar-refractivity contribution < 1.29 is 28.6 Å². The van der Waals surface area contributed by atoms with Crippen molar-refractivity contribution >= 4 is 17.9 Å². The Hall–Kier alpha value is -1.85. The average molecular weight is 847 g/mol. The lowest BCUT2D eigenvalue weighted by atomic mass is 10.0. The second-order valence-corrected chi connectivity index (χ2v) is 18.2. The predicted octanol–water partition coefficient (Wildman–Crippen LogP) is 17.4. The summed E-state index contributed by atoms with van der Waals surface area (Å²) in [4.78, 5) is 37.9. The Morgan fingerprint density at radius 1 is 0.317 bits per heavy atom. The van der Waals surface area contributed by atoms with E-state index in [9.17, 15) is 14.4 Å². The first-order chi connectivity index (χ1) is 29.5. The highest BCUT2D eigenvalue weighted by molar-refractivity contribution is 5.71. The number of esters is 3. The van der Waals surface area contributed by atoms with Gasteiger partial charge < -0.3 is 14.2 Å². The molecule has 0 saturated heterocycles. The molecule has 6 nitrogen and oxygen atoms in total. The summed E-state index contributed by atoms with van der Waals surface area (Å²) >= 11 is 0. The second-order valence-electron chi connectivity index (χ2n) is 18.2. The normalized spacial score (nSPS) is 12.0. The van der Waals surface area contributed by atoms with E-state index in [0.717, 1.165) is 57.8 Å². The largest absolute Gasteiger partial charge is 0.462 e. The van der Waals surface area contributed by atoms with Crippen LogP contribution in [0.15, 0.2) is 12.2 Å². The summed E-state index contributed by atoms with van der Waals surface area (Å²) in [6.45, 7) is 6.66. The highest BCUT2D eigenvalue weighted by Gasteiger charge is 2.19. The Kier molecular flexibility index (Phi) is 48.3. The molecule has 0 saturated carbocycles. The molecule has 0 rings (SSSR count). The first-order valence-corrected chi connectivity index (χ1v) is 26.7. The third kappa shape index (κ3) is 47.2. The van der Waals surface area contributed by atoms with Crippen LogP contribution in [0.1, 0.15) is 297 Å². The Morgan fingerprint density at radius 2 is 0.550 bits per heavy atom. The van der Waals surface area contributed by atoms with Crippen molar-refractivity contribution in [2.45, 2.75) is 303 Å². The van der Waals surface area contributed by atoms with Gasteiger partial charge in [-0.1, -0.05) is 245 Å². The molecule has 0 aliphatic rings. The maximum atomic E-state index is 12.8. The Bertz CT molecular complexity index is 931. The standard InChI is InChI=1S/C54H102O6/c1-4-7-10-13-16-19-22-24-26-27-28-30-32-35-38-41-44-47-53(56)59-50-51(49-58-52(55)46-43-40-37-34-31-21-18-15-12-9-6-3)60-54(57)48-45-42-39-36-33-29-25-23-20-17-14-11-8-5-2/h24,26,51H,4-23,25,27-50H2,1-3H3/b26-24-. The Morgan fingerprint density at radius 3 is 0.833 bits per heavy atom. The van der Waals surface area contributed by atoms with Gasteiger partial charge in [0.05, 0.1) is 0 Å². The molecule has 0 amide bonds. The van der Waals surface area contributed by atoms with Crippen molar-refractivity contribution in [3.63, 3.8) is 0 Å². The summed E-state index contributed by atoms with van der Waals surface area (Å²) in [6, 6.07) is 0. The van der Waals surface area contributed by atoms with E-state index in [0.29, 0.717) is 19.3 Å². The van der Waals surface area contributed by atoms with E-state index in [1.807, 2.05) is 0 Å². The van der Waals surface area contributed by atoms with Gasteiger partial charge >= 0.3 is 17.9 Å². The lowest BCUT2D eigenvalue weighted by Crippen LogP contribution is -2.30. The molecule has 1 atom stereocenters. The molecule has 0 aliphatic carbocycles. The lowest BCUT2D eigenvalue weighted by molar-refractivity contribution is -0.167. The van der Waals surface area contributed by atoms with Crippen LogP contribution in [0.25, 0.3) is 0 Å². The fraction of sp³-hybridized carbons (Fsp3) is 0.907. The maximum absolute atomic E-state index is 12.8. The molecule has 0 heterocycles. The van der Waals surface area contributed by atoms with Crippen LogP contribution in [-0.4, -0.2) is 37.2 Å². The topological polar surface area (TPSA) is 78.9 Å². The van der Waals surface area contributed by atoms with Gasteiger partial charge in [0.15, 0.2) is 6.10 Å². The first kappa shape index (κ1) is 58.1. The number of carbonyl (C=O) groups excluding carboxylic acids is 3. The minimum Gasteiger partial charge on any atom is -0.462 e. The van der Waals surface area contributed by atoms with Crippen LogP contribution >= 0.6 is 0 Å². The van der Waals surface area contributed by atoms with Gasteiger partial charge in [0, 0.05) is 19.3 Å². The zero-order chi connectivity index (χ0) is 43.7. The van der Waals surface area contributed by atoms with Crippen LogP contribution in [0.4, 0.5) is 0 Å². The van der Waals surface area contributed by atoms with E-state index in [1.54, 1.807) is 0 Å². The summed E-state index contributed by atoms with van der Waals surface area (Å²) in [7, 11) is 0. The van der Waals surface area contributed by atoms with Gasteiger partial charge in [0.2, 0.25) is 0 Å². The summed E-state index contributed by atoms with van der Waals surface area (Å²) < 4.78 is 16.8. The second kappa shape index (κ2) is 49.8. The molecule has 0 aromatic heterocycles. The quantitative estimate of drug-likeness (QED) is 0.0263. The van der Waals surface area contributed by atoms with E-state index >= 15 is 0 Å². The van der Waals surface area contributed by atoms with Crippen LogP contribution in [0.3, 0.4) is 0 Å². The van der Waals surface area contributed by atoms with E-state index in [2.05, 4.69) is 32.9 Å². The van der Waals surface area contributed by atoms with Crippen LogP contribution in [0.5, 0.6) is 0 Å². The van der Waals surface area contributed by atoms with Crippen molar-refractivity contribution in [3.05, 3.63) is 12.2 Å². The van der Waals surface area contributed by atoms with Crippen LogP contribution < -0.4 is 0 Å². The number of hydrogen-bond donors (Lipinski definition) is 0. The van der Waals surface area contributed by atoms with Gasteiger partial charge in [-0.2, -0.15) is 0 Å². The van der Waals surface area contributed by atoms with Crippen molar-refractivity contribution in [2.24, 2.45) is 0 Å². The van der Waals surface area contributed by atoms with E-state index in [-0.39, 0.29) is 31.1 Å². The minimum absolute atomic E-state index is 0.0659. The number of unbranched alkanes of at least 4 members (excludes halogenated alkanes) is 36. The van der Waals surface area contributed by atoms with E-state index in [4.69, 9.17) is 14.2 Å². The highest BCUT2D eigenvalue weighted by atomic mass is 16.6. The van der Waals surface area contributed by atoms with Gasteiger partial charge in [0.25, 0.3) is 0 Å². The smallest absolute Gasteiger partial charge is 0.306 e. The maximum Gasteiger partial charge on any atom is 0.306 e. The SMILES string of the molecule is CCCCCCCC/C=C\CCCCCCCCCC(=O)OCC(COC(=O)CCCCCCCCCCCCC)OC(=O)CCCCCCCCCCCCCCCC. The Labute approximate surface area is 373 Å². The minimum atomic E-state index is -0.764. The Balaban J connectivity index is 4.30. The van der Waals surface area contributed by atoms with E-state index in [1.165, 1.54) is 199 Å². The van der Waals surface area contributed by atoms with Gasteiger partial charge in [-0.15, -0.1) is 0 Å². The highest BCUT2D eigenvalue weighted by Crippen LogP contribution is 2.16. The average Bonchev–Trinajstić information content (AvgIpc) is 3.24. The van der Waals surface area contributed by atoms with Gasteiger partial charge in [-0.3, -0.25) is 14.4 Å². The molecule has 0 aliphatic heterocycles. The van der Waals surface area contributed by atoms with Crippen LogP contribution in [-0.2, 0) is 28.6 Å². The van der Waals surface area contributed by atoms with Gasteiger partial charge in [0.1, 0.15) is 13.2 Å².